The van der Waals surface area contributed by atoms with Gasteiger partial charge in [0.2, 0.25) is 0 Å². The van der Waals surface area contributed by atoms with E-state index in [4.69, 9.17) is 19.3 Å². The first-order chi connectivity index (χ1) is 16.1. The Morgan fingerprint density at radius 2 is 2.06 bits per heavy atom. The van der Waals surface area contributed by atoms with Gasteiger partial charge in [0.1, 0.15) is 5.75 Å². The molecule has 0 saturated carbocycles. The summed E-state index contributed by atoms with van der Waals surface area (Å²) in [7, 11) is 0. The maximum absolute atomic E-state index is 10.7. The van der Waals surface area contributed by atoms with Gasteiger partial charge in [0.15, 0.2) is 6.29 Å². The Hall–Kier alpha value is -2.74. The molecule has 3 unspecified atom stereocenters. The molecule has 1 aliphatic heterocycles. The summed E-state index contributed by atoms with van der Waals surface area (Å²) in [5.41, 5.74) is 1.95. The number of para-hydroxylation sites is 1. The number of aryl methyl sites for hydroxylation is 1. The van der Waals surface area contributed by atoms with Crippen LogP contribution in [-0.4, -0.2) is 47.3 Å². The molecular weight excluding hydrogens is 422 g/mol. The number of nitrogens with zero attached hydrogens (tertiary/aromatic N) is 1. The molecule has 0 bridgehead atoms. The largest absolute Gasteiger partial charge is 0.508 e. The summed E-state index contributed by atoms with van der Waals surface area (Å²) in [5.74, 6) is -0.580. The number of rotatable bonds is 13. The average Bonchev–Trinajstić information content (AvgIpc) is 2.82. The number of allylic oxidation sites excluding steroid dienone is 2. The minimum Gasteiger partial charge on any atom is -0.508 e. The van der Waals surface area contributed by atoms with E-state index in [1.807, 2.05) is 36.5 Å². The van der Waals surface area contributed by atoms with Crippen LogP contribution in [0.5, 0.6) is 5.75 Å². The van der Waals surface area contributed by atoms with Crippen LogP contribution in [0, 0.1) is 5.92 Å². The van der Waals surface area contributed by atoms with Crippen molar-refractivity contribution in [1.82, 2.24) is 4.98 Å². The number of pyridine rings is 1. The van der Waals surface area contributed by atoms with E-state index in [0.29, 0.717) is 39.1 Å². The van der Waals surface area contributed by atoms with Gasteiger partial charge in [-0.3, -0.25) is 9.78 Å². The van der Waals surface area contributed by atoms with Crippen molar-refractivity contribution in [2.75, 3.05) is 19.8 Å². The quantitative estimate of drug-likeness (QED) is 0.335. The smallest absolute Gasteiger partial charge is 0.303 e. The van der Waals surface area contributed by atoms with Crippen molar-refractivity contribution < 1.29 is 29.2 Å². The number of hydrogen-bond acceptors (Lipinski definition) is 6. The van der Waals surface area contributed by atoms with Crippen molar-refractivity contribution in [2.24, 2.45) is 5.92 Å². The first-order valence-electron chi connectivity index (χ1n) is 11.5. The highest BCUT2D eigenvalue weighted by Gasteiger charge is 2.33. The van der Waals surface area contributed by atoms with Gasteiger partial charge in [-0.25, -0.2) is 0 Å². The number of carbonyl (C=O) groups is 1. The summed E-state index contributed by atoms with van der Waals surface area (Å²) < 4.78 is 17.9. The van der Waals surface area contributed by atoms with Gasteiger partial charge in [-0.1, -0.05) is 36.4 Å². The number of benzene rings is 1. The van der Waals surface area contributed by atoms with Crippen LogP contribution in [0.2, 0.25) is 0 Å². The molecule has 1 aliphatic rings. The Kier molecular flexibility index (Phi) is 10.4. The fourth-order valence-corrected chi connectivity index (χ4v) is 3.83. The Morgan fingerprint density at radius 3 is 2.85 bits per heavy atom. The number of ether oxygens (including phenoxy) is 3. The molecule has 0 radical (unpaired) electrons. The van der Waals surface area contributed by atoms with Gasteiger partial charge in [0, 0.05) is 43.3 Å². The lowest BCUT2D eigenvalue weighted by Gasteiger charge is -2.37. The molecule has 1 aromatic carbocycles. The highest BCUT2D eigenvalue weighted by atomic mass is 16.7. The predicted octanol–water partition coefficient (Wildman–Crippen LogP) is 4.67. The van der Waals surface area contributed by atoms with Crippen LogP contribution in [0.3, 0.4) is 0 Å². The molecular formula is C26H33NO6. The third kappa shape index (κ3) is 8.61. The second-order valence-corrected chi connectivity index (χ2v) is 8.14. The number of phenolic OH excluding ortho intramolecular Hbond substituents is 1. The van der Waals surface area contributed by atoms with E-state index in [9.17, 15) is 9.90 Å². The SMILES string of the molecule is O=C(O)CC/C=C\CC1COC(CCOCCCc2cccnc2)OC1c1ccccc1O. The van der Waals surface area contributed by atoms with Gasteiger partial charge in [-0.05, 0) is 43.4 Å². The molecule has 0 spiro atoms. The number of hydrogen-bond donors (Lipinski definition) is 2. The Bertz CT molecular complexity index is 872. The second-order valence-electron chi connectivity index (χ2n) is 8.14. The fraction of sp³-hybridized carbons (Fsp3) is 0.462. The van der Waals surface area contributed by atoms with E-state index in [1.54, 1.807) is 18.3 Å². The zero-order valence-electron chi connectivity index (χ0n) is 18.8. The normalized spacial score (nSPS) is 20.8. The molecule has 1 fully saturated rings. The number of carboxylic acid groups (broad SMARTS) is 1. The number of aromatic hydroxyl groups is 1. The lowest BCUT2D eigenvalue weighted by molar-refractivity contribution is -0.244. The maximum atomic E-state index is 10.7. The predicted molar refractivity (Wildman–Crippen MR) is 124 cm³/mol. The molecule has 2 N–H and O–H groups in total. The van der Waals surface area contributed by atoms with Crippen LogP contribution in [0.4, 0.5) is 0 Å². The number of phenols is 1. The summed E-state index contributed by atoms with van der Waals surface area (Å²) in [6.45, 7) is 1.69. The number of aromatic nitrogens is 1. The first-order valence-corrected chi connectivity index (χ1v) is 11.5. The molecule has 2 aromatic rings. The van der Waals surface area contributed by atoms with Gasteiger partial charge in [0.25, 0.3) is 0 Å². The van der Waals surface area contributed by atoms with Crippen molar-refractivity contribution in [1.29, 1.82) is 0 Å². The minimum absolute atomic E-state index is 0.0241. The number of carboxylic acids is 1. The summed E-state index contributed by atoms with van der Waals surface area (Å²) in [5, 5.41) is 19.1. The monoisotopic (exact) mass is 455 g/mol. The summed E-state index contributed by atoms with van der Waals surface area (Å²) >= 11 is 0. The van der Waals surface area contributed by atoms with Gasteiger partial charge < -0.3 is 24.4 Å². The van der Waals surface area contributed by atoms with Crippen molar-refractivity contribution in [3.05, 3.63) is 72.1 Å². The van der Waals surface area contributed by atoms with E-state index in [1.165, 1.54) is 5.56 Å². The van der Waals surface area contributed by atoms with E-state index >= 15 is 0 Å². The average molecular weight is 456 g/mol. The molecule has 2 heterocycles. The Balaban J connectivity index is 1.46. The van der Waals surface area contributed by atoms with Crippen LogP contribution in [0.15, 0.2) is 60.9 Å². The van der Waals surface area contributed by atoms with E-state index in [2.05, 4.69) is 11.1 Å². The minimum atomic E-state index is -0.807. The lowest BCUT2D eigenvalue weighted by Crippen LogP contribution is -2.35. The highest BCUT2D eigenvalue weighted by molar-refractivity contribution is 5.66. The molecule has 7 heteroatoms. The summed E-state index contributed by atoms with van der Waals surface area (Å²) in [4.78, 5) is 14.8. The lowest BCUT2D eigenvalue weighted by atomic mass is 9.91. The van der Waals surface area contributed by atoms with E-state index in [0.717, 1.165) is 18.4 Å². The van der Waals surface area contributed by atoms with Gasteiger partial charge >= 0.3 is 5.97 Å². The van der Waals surface area contributed by atoms with Crippen LogP contribution in [0.25, 0.3) is 0 Å². The molecule has 7 nitrogen and oxygen atoms in total. The molecule has 1 aromatic heterocycles. The van der Waals surface area contributed by atoms with Crippen LogP contribution < -0.4 is 0 Å². The molecule has 1 saturated heterocycles. The molecule has 3 atom stereocenters. The van der Waals surface area contributed by atoms with Crippen LogP contribution in [-0.2, 0) is 25.4 Å². The molecule has 0 amide bonds. The molecule has 0 aliphatic carbocycles. The standard InChI is InChI=1S/C26H33NO6/c28-23-12-5-4-11-22(23)26-21(10-2-1-3-13-24(29)30)19-32-25(33-26)14-17-31-16-7-9-20-8-6-15-27-18-20/h1-2,4-6,8,11-12,15,18,21,25-26,28H,3,7,9-10,13-14,16-17,19H2,(H,29,30)/b2-1-. The van der Waals surface area contributed by atoms with Crippen molar-refractivity contribution in [3.8, 4) is 5.75 Å². The topological polar surface area (TPSA) is 98.1 Å². The molecule has 178 valence electrons. The summed E-state index contributed by atoms with van der Waals surface area (Å²) in [6.07, 6.45) is 10.5. The summed E-state index contributed by atoms with van der Waals surface area (Å²) in [6, 6.07) is 11.2. The molecule has 3 rings (SSSR count). The maximum Gasteiger partial charge on any atom is 0.303 e. The Labute approximate surface area is 195 Å². The molecule has 33 heavy (non-hydrogen) atoms. The van der Waals surface area contributed by atoms with Crippen molar-refractivity contribution in [2.45, 2.75) is 50.9 Å². The first kappa shape index (κ1) is 24.9. The fourth-order valence-electron chi connectivity index (χ4n) is 3.83. The van der Waals surface area contributed by atoms with E-state index in [-0.39, 0.29) is 24.2 Å². The van der Waals surface area contributed by atoms with Gasteiger partial charge in [0.05, 0.1) is 19.3 Å². The highest BCUT2D eigenvalue weighted by Crippen LogP contribution is 2.39. The third-order valence-corrected chi connectivity index (χ3v) is 5.57. The van der Waals surface area contributed by atoms with E-state index < -0.39 is 12.3 Å². The van der Waals surface area contributed by atoms with Crippen LogP contribution >= 0.6 is 0 Å². The van der Waals surface area contributed by atoms with Crippen molar-refractivity contribution in [3.63, 3.8) is 0 Å². The van der Waals surface area contributed by atoms with Crippen LogP contribution in [0.1, 0.15) is 49.3 Å². The van der Waals surface area contributed by atoms with Gasteiger partial charge in [-0.2, -0.15) is 0 Å². The zero-order chi connectivity index (χ0) is 23.3. The number of aliphatic carboxylic acids is 1. The second kappa shape index (κ2) is 13.7. The third-order valence-electron chi connectivity index (χ3n) is 5.57. The van der Waals surface area contributed by atoms with Crippen molar-refractivity contribution >= 4 is 5.97 Å². The Morgan fingerprint density at radius 1 is 1.18 bits per heavy atom. The zero-order valence-corrected chi connectivity index (χ0v) is 18.8. The van der Waals surface area contributed by atoms with Gasteiger partial charge in [-0.15, -0.1) is 0 Å².